The summed E-state index contributed by atoms with van der Waals surface area (Å²) in [6.45, 7) is 2.62. The Morgan fingerprint density at radius 3 is 2.58 bits per heavy atom. The number of nitrogens with zero attached hydrogens (tertiary/aromatic N) is 2. The van der Waals surface area contributed by atoms with Crippen LogP contribution in [0.4, 0.5) is 17.2 Å². The van der Waals surface area contributed by atoms with Crippen LogP contribution in [0.25, 0.3) is 0 Å². The van der Waals surface area contributed by atoms with Crippen LogP contribution in [0.5, 0.6) is 0 Å². The van der Waals surface area contributed by atoms with E-state index in [4.69, 9.17) is 38.4 Å². The first-order chi connectivity index (χ1) is 15.8. The van der Waals surface area contributed by atoms with E-state index in [0.29, 0.717) is 45.7 Å². The highest BCUT2D eigenvalue weighted by Crippen LogP contribution is 2.30. The number of aromatic nitrogens is 2. The summed E-state index contributed by atoms with van der Waals surface area (Å²) in [6.07, 6.45) is 1.27. The molecule has 0 amide bonds. The van der Waals surface area contributed by atoms with Crippen molar-refractivity contribution in [3.8, 4) is 0 Å². The molecule has 0 aliphatic rings. The molecule has 7 nitrogen and oxygen atoms in total. The Hall–Kier alpha value is -2.26. The van der Waals surface area contributed by atoms with Crippen LogP contribution in [0.1, 0.15) is 35.4 Å². The monoisotopic (exact) mass is 554 g/mol. The third kappa shape index (κ3) is 6.63. The van der Waals surface area contributed by atoms with E-state index in [1.807, 2.05) is 29.7 Å². The molecule has 0 saturated heterocycles. The fourth-order valence-corrected chi connectivity index (χ4v) is 4.36. The molecule has 10 heteroatoms. The molecule has 3 N–H and O–H groups in total. The minimum absolute atomic E-state index is 0.0962. The van der Waals surface area contributed by atoms with Gasteiger partial charge in [0.2, 0.25) is 0 Å². The van der Waals surface area contributed by atoms with Gasteiger partial charge in [0.25, 0.3) is 0 Å². The molecule has 0 aliphatic carbocycles. The van der Waals surface area contributed by atoms with E-state index >= 15 is 0 Å². The molecule has 0 spiro atoms. The first-order valence-corrected chi connectivity index (χ1v) is 11.8. The van der Waals surface area contributed by atoms with Crippen LogP contribution in [0.3, 0.4) is 0 Å². The first-order valence-electron chi connectivity index (χ1n) is 10.3. The Kier molecular flexibility index (Phi) is 9.02. The molecular weight excluding hydrogens is 531 g/mol. The maximum Gasteiger partial charge on any atom is 0.360 e. The maximum absolute atomic E-state index is 12.9. The highest BCUT2D eigenvalue weighted by atomic mass is 79.9. The van der Waals surface area contributed by atoms with Crippen molar-refractivity contribution in [2.24, 2.45) is 0 Å². The molecule has 33 heavy (non-hydrogen) atoms. The van der Waals surface area contributed by atoms with Crippen LogP contribution in [0.2, 0.25) is 10.0 Å². The summed E-state index contributed by atoms with van der Waals surface area (Å²) >= 11 is 15.4. The number of anilines is 3. The lowest BCUT2D eigenvalue weighted by atomic mass is 10.1. The van der Waals surface area contributed by atoms with Gasteiger partial charge in [-0.3, -0.25) is 4.57 Å². The molecule has 1 heterocycles. The molecule has 1 atom stereocenters. The van der Waals surface area contributed by atoms with Crippen molar-refractivity contribution in [1.82, 2.24) is 9.55 Å². The summed E-state index contributed by atoms with van der Waals surface area (Å²) in [5, 5.41) is 4.47. The van der Waals surface area contributed by atoms with E-state index in [2.05, 4.69) is 26.2 Å². The first kappa shape index (κ1) is 25.4. The number of hydrogen-bond donors (Lipinski definition) is 2. The number of nitrogens with one attached hydrogen (secondary N) is 1. The molecule has 1 aromatic heterocycles. The predicted molar refractivity (Wildman–Crippen MR) is 136 cm³/mol. The van der Waals surface area contributed by atoms with Crippen molar-refractivity contribution in [1.29, 1.82) is 0 Å². The molecule has 3 aromatic rings. The normalized spacial score (nSPS) is 11.9. The lowest BCUT2D eigenvalue weighted by Gasteiger charge is -2.18. The summed E-state index contributed by atoms with van der Waals surface area (Å²) in [7, 11) is 1.62. The van der Waals surface area contributed by atoms with Gasteiger partial charge in [0, 0.05) is 28.5 Å². The van der Waals surface area contributed by atoms with Crippen molar-refractivity contribution in [3.63, 3.8) is 0 Å². The Balaban J connectivity index is 1.75. The number of hydrogen-bond acceptors (Lipinski definition) is 6. The smallest absolute Gasteiger partial charge is 0.360 e. The molecule has 0 aliphatic heterocycles. The summed E-state index contributed by atoms with van der Waals surface area (Å²) < 4.78 is 13.2. The van der Waals surface area contributed by atoms with Crippen molar-refractivity contribution < 1.29 is 14.3 Å². The molecule has 0 saturated carbocycles. The van der Waals surface area contributed by atoms with Crippen LogP contribution < -0.4 is 11.1 Å². The second-order valence-corrected chi connectivity index (χ2v) is 9.05. The van der Waals surface area contributed by atoms with Crippen LogP contribution in [0, 0.1) is 0 Å². The summed E-state index contributed by atoms with van der Waals surface area (Å²) in [6, 6.07) is 12.4. The number of rotatable bonds is 10. The van der Waals surface area contributed by atoms with Crippen LogP contribution in [-0.2, 0) is 15.9 Å². The Morgan fingerprint density at radius 1 is 1.21 bits per heavy atom. The van der Waals surface area contributed by atoms with Crippen LogP contribution >= 0.6 is 39.1 Å². The van der Waals surface area contributed by atoms with Crippen molar-refractivity contribution in [2.45, 2.75) is 25.8 Å². The second-order valence-electron chi connectivity index (χ2n) is 7.47. The standard InChI is InChI=1S/C23H25BrCl2N4O3/c1-14(13-32-2)30-21(28-18-9-7-16(25)8-10-18)20(29-23(30)24)22(31)33-11-3-4-15-5-6-17(26)12-19(15)27/h5-10,12,14,28H,3-4,11,13,27H2,1-2H3/t14-/m0/s1. The van der Waals surface area contributed by atoms with Gasteiger partial charge in [0.15, 0.2) is 10.4 Å². The largest absolute Gasteiger partial charge is 0.461 e. The Labute approximate surface area is 211 Å². The van der Waals surface area contributed by atoms with E-state index in [-0.39, 0.29) is 18.3 Å². The van der Waals surface area contributed by atoms with Crippen molar-refractivity contribution in [2.75, 3.05) is 31.4 Å². The number of methoxy groups -OCH3 is 1. The number of carbonyl (C=O) groups is 1. The molecule has 2 aromatic carbocycles. The number of ether oxygens (including phenoxy) is 2. The van der Waals surface area contributed by atoms with Gasteiger partial charge in [0.05, 0.1) is 19.3 Å². The van der Waals surface area contributed by atoms with Gasteiger partial charge in [-0.1, -0.05) is 29.3 Å². The highest BCUT2D eigenvalue weighted by Gasteiger charge is 2.25. The Morgan fingerprint density at radius 2 is 1.91 bits per heavy atom. The van der Waals surface area contributed by atoms with E-state index in [9.17, 15) is 4.79 Å². The predicted octanol–water partition coefficient (Wildman–Crippen LogP) is 6.28. The fourth-order valence-electron chi connectivity index (χ4n) is 3.34. The zero-order valence-electron chi connectivity index (χ0n) is 18.3. The SMILES string of the molecule is COC[C@H](C)n1c(Br)nc(C(=O)OCCCc2ccc(Cl)cc2N)c1Nc1ccc(Cl)cc1. The second kappa shape index (κ2) is 11.7. The lowest BCUT2D eigenvalue weighted by molar-refractivity contribution is 0.0495. The van der Waals surface area contributed by atoms with Gasteiger partial charge in [-0.2, -0.15) is 0 Å². The van der Waals surface area contributed by atoms with Gasteiger partial charge in [0.1, 0.15) is 5.82 Å². The minimum Gasteiger partial charge on any atom is -0.461 e. The average Bonchev–Trinajstić information content (AvgIpc) is 3.10. The van der Waals surface area contributed by atoms with Gasteiger partial charge in [-0.25, -0.2) is 9.78 Å². The van der Waals surface area contributed by atoms with E-state index < -0.39 is 5.97 Å². The lowest BCUT2D eigenvalue weighted by Crippen LogP contribution is -2.16. The summed E-state index contributed by atoms with van der Waals surface area (Å²) in [4.78, 5) is 17.3. The van der Waals surface area contributed by atoms with Crippen molar-refractivity contribution >= 4 is 62.3 Å². The summed E-state index contributed by atoms with van der Waals surface area (Å²) in [5.74, 6) is -0.0275. The molecule has 0 unspecified atom stereocenters. The van der Waals surface area contributed by atoms with Gasteiger partial charge in [-0.15, -0.1) is 0 Å². The number of halogens is 3. The number of aryl methyl sites for hydroxylation is 1. The van der Waals surface area contributed by atoms with Crippen molar-refractivity contribution in [3.05, 3.63) is 68.5 Å². The third-order valence-corrected chi connectivity index (χ3v) is 5.99. The van der Waals surface area contributed by atoms with Gasteiger partial charge >= 0.3 is 5.97 Å². The number of imidazole rings is 1. The topological polar surface area (TPSA) is 91.4 Å². The number of esters is 1. The van der Waals surface area contributed by atoms with E-state index in [1.54, 1.807) is 31.4 Å². The molecule has 0 radical (unpaired) electrons. The number of nitrogens with two attached hydrogens (primary N) is 1. The zero-order valence-corrected chi connectivity index (χ0v) is 21.4. The van der Waals surface area contributed by atoms with Crippen LogP contribution in [-0.4, -0.2) is 35.8 Å². The average molecular weight is 556 g/mol. The van der Waals surface area contributed by atoms with E-state index in [0.717, 1.165) is 11.3 Å². The number of carbonyl (C=O) groups excluding carboxylic acids is 1. The molecule has 0 fully saturated rings. The molecule has 0 bridgehead atoms. The minimum atomic E-state index is -0.528. The zero-order chi connectivity index (χ0) is 24.0. The summed E-state index contributed by atoms with van der Waals surface area (Å²) in [5.41, 5.74) is 8.50. The number of nitrogen functional groups attached to an aromatic ring is 1. The molecule has 3 rings (SSSR count). The molecular formula is C23H25BrCl2N4O3. The van der Waals surface area contributed by atoms with E-state index in [1.165, 1.54) is 0 Å². The quantitative estimate of drug-likeness (QED) is 0.174. The maximum atomic E-state index is 12.9. The third-order valence-electron chi connectivity index (χ3n) is 4.95. The Bertz CT molecular complexity index is 1110. The highest BCUT2D eigenvalue weighted by molar-refractivity contribution is 9.10. The molecule has 176 valence electrons. The fraction of sp³-hybridized carbons (Fsp3) is 0.304. The van der Waals surface area contributed by atoms with Gasteiger partial charge in [-0.05, 0) is 77.7 Å². The number of benzene rings is 2. The van der Waals surface area contributed by atoms with Crippen LogP contribution in [0.15, 0.2) is 47.2 Å². The van der Waals surface area contributed by atoms with Gasteiger partial charge < -0.3 is 20.5 Å².